The molecule has 0 aliphatic carbocycles. The van der Waals surface area contributed by atoms with Crippen molar-refractivity contribution in [3.8, 4) is 0 Å². The van der Waals surface area contributed by atoms with E-state index in [2.05, 4.69) is 6.58 Å². The fourth-order valence-electron chi connectivity index (χ4n) is 1.28. The van der Waals surface area contributed by atoms with Gasteiger partial charge in [-0.1, -0.05) is 6.08 Å². The van der Waals surface area contributed by atoms with Crippen LogP contribution in [0.1, 0.15) is 27.2 Å². The number of hydrogen-bond donors (Lipinski definition) is 0. The highest BCUT2D eigenvalue weighted by molar-refractivity contribution is 5.68. The first-order chi connectivity index (χ1) is 8.36. The summed E-state index contributed by atoms with van der Waals surface area (Å²) in [6.07, 6.45) is 0.257. The third-order valence-corrected chi connectivity index (χ3v) is 1.90. The van der Waals surface area contributed by atoms with E-state index < -0.39 is 30.1 Å². The molecule has 0 amide bonds. The second-order valence-corrected chi connectivity index (χ2v) is 3.62. The van der Waals surface area contributed by atoms with Gasteiger partial charge >= 0.3 is 17.9 Å². The SMILES string of the molecule is C=CC[C@H](OC(C)=O)[C@@H](COC(C)=O)OC(C)=O. The Hall–Kier alpha value is -1.85. The number of rotatable bonds is 7. The van der Waals surface area contributed by atoms with Gasteiger partial charge in [-0.25, -0.2) is 0 Å². The van der Waals surface area contributed by atoms with E-state index in [1.807, 2.05) is 0 Å². The Bertz CT molecular complexity index is 323. The molecule has 0 saturated heterocycles. The quantitative estimate of drug-likeness (QED) is 0.385. The number of esters is 3. The lowest BCUT2D eigenvalue weighted by molar-refractivity contribution is -0.172. The standard InChI is InChI=1S/C12H18O6/c1-5-6-11(17-9(3)14)12(18-10(4)15)7-16-8(2)13/h5,11-12H,1,6-7H2,2-4H3/t11-,12+/m0/s1. The molecule has 0 saturated carbocycles. The van der Waals surface area contributed by atoms with E-state index in [-0.39, 0.29) is 6.61 Å². The van der Waals surface area contributed by atoms with E-state index in [4.69, 9.17) is 14.2 Å². The fraction of sp³-hybridized carbons (Fsp3) is 0.583. The Morgan fingerprint density at radius 2 is 1.50 bits per heavy atom. The van der Waals surface area contributed by atoms with Gasteiger partial charge in [0.25, 0.3) is 0 Å². The molecule has 0 bridgehead atoms. The van der Waals surface area contributed by atoms with E-state index in [0.717, 1.165) is 0 Å². The van der Waals surface area contributed by atoms with Crippen molar-refractivity contribution >= 4 is 17.9 Å². The zero-order chi connectivity index (χ0) is 14.1. The van der Waals surface area contributed by atoms with Crippen LogP contribution in [0.4, 0.5) is 0 Å². The first-order valence-corrected chi connectivity index (χ1v) is 5.45. The molecule has 0 unspecified atom stereocenters. The number of hydrogen-bond acceptors (Lipinski definition) is 6. The zero-order valence-corrected chi connectivity index (χ0v) is 10.8. The fourth-order valence-corrected chi connectivity index (χ4v) is 1.28. The van der Waals surface area contributed by atoms with Gasteiger partial charge < -0.3 is 14.2 Å². The normalized spacial score (nSPS) is 13.1. The van der Waals surface area contributed by atoms with Gasteiger partial charge in [0.05, 0.1) is 0 Å². The van der Waals surface area contributed by atoms with E-state index in [1.165, 1.54) is 26.8 Å². The molecule has 0 aromatic rings. The van der Waals surface area contributed by atoms with Crippen LogP contribution < -0.4 is 0 Å². The summed E-state index contributed by atoms with van der Waals surface area (Å²) in [5.74, 6) is -1.57. The summed E-state index contributed by atoms with van der Waals surface area (Å²) in [4.78, 5) is 32.7. The molecule has 0 fully saturated rings. The summed E-state index contributed by atoms with van der Waals surface area (Å²) in [6, 6.07) is 0. The van der Waals surface area contributed by atoms with Gasteiger partial charge in [-0.3, -0.25) is 14.4 Å². The summed E-state index contributed by atoms with van der Waals surface area (Å²) in [6.45, 7) is 7.06. The highest BCUT2D eigenvalue weighted by atomic mass is 16.6. The lowest BCUT2D eigenvalue weighted by atomic mass is 10.1. The van der Waals surface area contributed by atoms with Gasteiger partial charge in [0.15, 0.2) is 6.10 Å². The summed E-state index contributed by atoms with van der Waals surface area (Å²) in [5.41, 5.74) is 0. The molecule has 0 radical (unpaired) electrons. The smallest absolute Gasteiger partial charge is 0.303 e. The minimum atomic E-state index is -0.840. The molecule has 2 atom stereocenters. The molecule has 0 rings (SSSR count). The van der Waals surface area contributed by atoms with Crippen LogP contribution in [0.15, 0.2) is 12.7 Å². The molecule has 0 aliphatic rings. The first kappa shape index (κ1) is 16.1. The van der Waals surface area contributed by atoms with E-state index in [1.54, 1.807) is 0 Å². The van der Waals surface area contributed by atoms with Crippen LogP contribution in [0.2, 0.25) is 0 Å². The van der Waals surface area contributed by atoms with Gasteiger partial charge in [0, 0.05) is 27.2 Å². The molecular formula is C12H18O6. The lowest BCUT2D eigenvalue weighted by Gasteiger charge is -2.24. The second kappa shape index (κ2) is 8.27. The Labute approximate surface area is 106 Å². The predicted molar refractivity (Wildman–Crippen MR) is 62.6 cm³/mol. The average molecular weight is 258 g/mol. The molecule has 102 valence electrons. The number of carbonyl (C=O) groups is 3. The van der Waals surface area contributed by atoms with Crippen LogP contribution in [0.3, 0.4) is 0 Å². The van der Waals surface area contributed by atoms with Crippen LogP contribution >= 0.6 is 0 Å². The van der Waals surface area contributed by atoms with E-state index in [0.29, 0.717) is 6.42 Å². The van der Waals surface area contributed by atoms with Crippen molar-refractivity contribution in [1.82, 2.24) is 0 Å². The van der Waals surface area contributed by atoms with Crippen LogP contribution in [-0.4, -0.2) is 36.7 Å². The minimum Gasteiger partial charge on any atom is -0.462 e. The van der Waals surface area contributed by atoms with Crippen molar-refractivity contribution in [2.45, 2.75) is 39.4 Å². The highest BCUT2D eigenvalue weighted by Crippen LogP contribution is 2.11. The van der Waals surface area contributed by atoms with E-state index in [9.17, 15) is 14.4 Å². The maximum atomic E-state index is 11.0. The second-order valence-electron chi connectivity index (χ2n) is 3.62. The Kier molecular flexibility index (Phi) is 7.42. The molecule has 0 aromatic carbocycles. The Morgan fingerprint density at radius 3 is 1.89 bits per heavy atom. The maximum Gasteiger partial charge on any atom is 0.303 e. The molecule has 6 heteroatoms. The monoisotopic (exact) mass is 258 g/mol. The predicted octanol–water partition coefficient (Wildman–Crippen LogP) is 0.989. The number of ether oxygens (including phenoxy) is 3. The zero-order valence-electron chi connectivity index (χ0n) is 10.8. The summed E-state index contributed by atoms with van der Waals surface area (Å²) in [7, 11) is 0. The van der Waals surface area contributed by atoms with Gasteiger partial charge in [0.2, 0.25) is 0 Å². The van der Waals surface area contributed by atoms with Crippen molar-refractivity contribution in [3.63, 3.8) is 0 Å². The average Bonchev–Trinajstić information content (AvgIpc) is 2.22. The molecule has 0 spiro atoms. The topological polar surface area (TPSA) is 78.9 Å². The lowest BCUT2D eigenvalue weighted by Crippen LogP contribution is -2.38. The van der Waals surface area contributed by atoms with Gasteiger partial charge in [-0.15, -0.1) is 6.58 Å². The molecular weight excluding hydrogens is 240 g/mol. The van der Waals surface area contributed by atoms with Crippen molar-refractivity contribution < 1.29 is 28.6 Å². The van der Waals surface area contributed by atoms with Gasteiger partial charge in [0.1, 0.15) is 12.7 Å². The molecule has 0 heterocycles. The van der Waals surface area contributed by atoms with Crippen molar-refractivity contribution in [1.29, 1.82) is 0 Å². The maximum absolute atomic E-state index is 11.0. The van der Waals surface area contributed by atoms with E-state index >= 15 is 0 Å². The largest absolute Gasteiger partial charge is 0.462 e. The minimum absolute atomic E-state index is 0.166. The Balaban J connectivity index is 4.71. The van der Waals surface area contributed by atoms with Crippen LogP contribution in [-0.2, 0) is 28.6 Å². The summed E-state index contributed by atoms with van der Waals surface area (Å²) in [5, 5.41) is 0. The van der Waals surface area contributed by atoms with Crippen LogP contribution in [0.5, 0.6) is 0 Å². The van der Waals surface area contributed by atoms with Crippen LogP contribution in [0, 0.1) is 0 Å². The summed E-state index contributed by atoms with van der Waals surface area (Å²) < 4.78 is 14.8. The highest BCUT2D eigenvalue weighted by Gasteiger charge is 2.27. The van der Waals surface area contributed by atoms with Gasteiger partial charge in [-0.05, 0) is 0 Å². The Morgan fingerprint density at radius 1 is 1.00 bits per heavy atom. The molecule has 6 nitrogen and oxygen atoms in total. The van der Waals surface area contributed by atoms with Crippen molar-refractivity contribution in [3.05, 3.63) is 12.7 Å². The molecule has 0 N–H and O–H groups in total. The third kappa shape index (κ3) is 7.43. The number of carbonyl (C=O) groups excluding carboxylic acids is 3. The van der Waals surface area contributed by atoms with Crippen molar-refractivity contribution in [2.75, 3.05) is 6.61 Å². The van der Waals surface area contributed by atoms with Crippen molar-refractivity contribution in [2.24, 2.45) is 0 Å². The molecule has 0 aromatic heterocycles. The first-order valence-electron chi connectivity index (χ1n) is 5.45. The van der Waals surface area contributed by atoms with Crippen LogP contribution in [0.25, 0.3) is 0 Å². The third-order valence-electron chi connectivity index (χ3n) is 1.90. The van der Waals surface area contributed by atoms with Gasteiger partial charge in [-0.2, -0.15) is 0 Å². The summed E-state index contributed by atoms with van der Waals surface area (Å²) >= 11 is 0. The molecule has 18 heavy (non-hydrogen) atoms. The molecule has 0 aliphatic heterocycles.